The molecule has 0 aromatic heterocycles. The van der Waals surface area contributed by atoms with Crippen LogP contribution in [0, 0.1) is 6.07 Å². The highest BCUT2D eigenvalue weighted by Gasteiger charge is 2.00. The van der Waals surface area contributed by atoms with Crippen LogP contribution in [0.15, 0.2) is 48.5 Å². The molecule has 0 aliphatic heterocycles. The SMILES string of the molecule is NC(=O)Nc1[c]ccc(-c2ccccc2)c1. The molecule has 0 aliphatic carbocycles. The van der Waals surface area contributed by atoms with Crippen molar-refractivity contribution in [2.24, 2.45) is 5.73 Å². The lowest BCUT2D eigenvalue weighted by atomic mass is 10.1. The van der Waals surface area contributed by atoms with Gasteiger partial charge in [0.1, 0.15) is 0 Å². The minimum atomic E-state index is -0.582. The fraction of sp³-hybridized carbons (Fsp3) is 0. The zero-order valence-electron chi connectivity index (χ0n) is 8.60. The van der Waals surface area contributed by atoms with Crippen molar-refractivity contribution >= 4 is 11.7 Å². The number of hydrogen-bond donors (Lipinski definition) is 2. The van der Waals surface area contributed by atoms with E-state index in [1.54, 1.807) is 6.07 Å². The van der Waals surface area contributed by atoms with E-state index >= 15 is 0 Å². The van der Waals surface area contributed by atoms with E-state index in [0.717, 1.165) is 11.1 Å². The van der Waals surface area contributed by atoms with E-state index in [1.807, 2.05) is 42.5 Å². The third-order valence-electron chi connectivity index (χ3n) is 2.17. The van der Waals surface area contributed by atoms with E-state index in [0.29, 0.717) is 5.69 Å². The van der Waals surface area contributed by atoms with Gasteiger partial charge in [0.15, 0.2) is 0 Å². The van der Waals surface area contributed by atoms with Gasteiger partial charge < -0.3 is 11.1 Å². The first kappa shape index (κ1) is 10.2. The van der Waals surface area contributed by atoms with Gasteiger partial charge in [-0.15, -0.1) is 0 Å². The van der Waals surface area contributed by atoms with Crippen molar-refractivity contribution in [3.63, 3.8) is 0 Å². The van der Waals surface area contributed by atoms with Crippen LogP contribution in [0.25, 0.3) is 11.1 Å². The molecule has 2 aromatic carbocycles. The van der Waals surface area contributed by atoms with Gasteiger partial charge in [-0.25, -0.2) is 4.79 Å². The summed E-state index contributed by atoms with van der Waals surface area (Å²) in [6, 6.07) is 17.7. The van der Waals surface area contributed by atoms with E-state index < -0.39 is 6.03 Å². The Kier molecular flexibility index (Phi) is 2.87. The molecule has 0 fully saturated rings. The van der Waals surface area contributed by atoms with Gasteiger partial charge in [0.05, 0.1) is 5.69 Å². The van der Waals surface area contributed by atoms with Crippen LogP contribution in [0.5, 0.6) is 0 Å². The van der Waals surface area contributed by atoms with Crippen LogP contribution < -0.4 is 11.1 Å². The first-order valence-electron chi connectivity index (χ1n) is 4.89. The van der Waals surface area contributed by atoms with Crippen LogP contribution in [0.3, 0.4) is 0 Å². The number of rotatable bonds is 2. The van der Waals surface area contributed by atoms with Crippen LogP contribution in [0.1, 0.15) is 0 Å². The first-order valence-corrected chi connectivity index (χ1v) is 4.89. The predicted octanol–water partition coefficient (Wildman–Crippen LogP) is 2.64. The highest BCUT2D eigenvalue weighted by molar-refractivity contribution is 5.88. The number of primary amides is 1. The average Bonchev–Trinajstić information content (AvgIpc) is 2.30. The summed E-state index contributed by atoms with van der Waals surface area (Å²) in [7, 11) is 0. The minimum absolute atomic E-state index is 0.578. The fourth-order valence-electron chi connectivity index (χ4n) is 1.48. The molecule has 0 unspecified atom stereocenters. The molecule has 79 valence electrons. The second-order valence-corrected chi connectivity index (χ2v) is 3.35. The van der Waals surface area contributed by atoms with Crippen LogP contribution in [0.4, 0.5) is 10.5 Å². The second-order valence-electron chi connectivity index (χ2n) is 3.35. The maximum atomic E-state index is 10.7. The summed E-state index contributed by atoms with van der Waals surface area (Å²) < 4.78 is 0. The Morgan fingerprint density at radius 2 is 1.88 bits per heavy atom. The van der Waals surface area contributed by atoms with Gasteiger partial charge in [0.25, 0.3) is 0 Å². The van der Waals surface area contributed by atoms with Crippen LogP contribution in [0.2, 0.25) is 0 Å². The zero-order chi connectivity index (χ0) is 11.4. The molecule has 0 saturated heterocycles. The molecule has 1 radical (unpaired) electrons. The van der Waals surface area contributed by atoms with Crippen LogP contribution >= 0.6 is 0 Å². The van der Waals surface area contributed by atoms with E-state index in [-0.39, 0.29) is 0 Å². The molecule has 2 rings (SSSR count). The molecule has 0 bridgehead atoms. The molecular weight excluding hydrogens is 200 g/mol. The fourth-order valence-corrected chi connectivity index (χ4v) is 1.48. The van der Waals surface area contributed by atoms with Crippen LogP contribution in [-0.4, -0.2) is 6.03 Å². The van der Waals surface area contributed by atoms with Gasteiger partial charge in [0, 0.05) is 6.07 Å². The van der Waals surface area contributed by atoms with Crippen molar-refractivity contribution in [1.82, 2.24) is 0 Å². The summed E-state index contributed by atoms with van der Waals surface area (Å²) in [5.41, 5.74) is 7.72. The Bertz CT molecular complexity index is 494. The van der Waals surface area contributed by atoms with Gasteiger partial charge >= 0.3 is 6.03 Å². The summed E-state index contributed by atoms with van der Waals surface area (Å²) in [6.07, 6.45) is 0. The molecule has 2 aromatic rings. The minimum Gasteiger partial charge on any atom is -0.351 e. The Labute approximate surface area is 93.9 Å². The van der Waals surface area contributed by atoms with Gasteiger partial charge in [-0.3, -0.25) is 0 Å². The van der Waals surface area contributed by atoms with Crippen molar-refractivity contribution in [2.75, 3.05) is 5.32 Å². The Morgan fingerprint density at radius 3 is 2.56 bits per heavy atom. The highest BCUT2D eigenvalue weighted by Crippen LogP contribution is 2.21. The third kappa shape index (κ3) is 2.39. The molecule has 0 saturated carbocycles. The summed E-state index contributed by atoms with van der Waals surface area (Å²) in [4.78, 5) is 10.7. The van der Waals surface area contributed by atoms with Crippen molar-refractivity contribution in [3.8, 4) is 11.1 Å². The molecule has 2 amide bonds. The number of hydrogen-bond acceptors (Lipinski definition) is 1. The monoisotopic (exact) mass is 211 g/mol. The Morgan fingerprint density at radius 1 is 1.12 bits per heavy atom. The van der Waals surface area contributed by atoms with Crippen LogP contribution in [-0.2, 0) is 0 Å². The molecule has 0 atom stereocenters. The topological polar surface area (TPSA) is 55.1 Å². The highest BCUT2D eigenvalue weighted by atomic mass is 16.2. The molecule has 0 heterocycles. The first-order chi connectivity index (χ1) is 7.75. The summed E-state index contributed by atoms with van der Waals surface area (Å²) in [5.74, 6) is 0. The van der Waals surface area contributed by atoms with Gasteiger partial charge in [-0.1, -0.05) is 42.5 Å². The Hall–Kier alpha value is -2.29. The smallest absolute Gasteiger partial charge is 0.316 e. The molecule has 3 heteroatoms. The lowest BCUT2D eigenvalue weighted by Gasteiger charge is -2.05. The van der Waals surface area contributed by atoms with E-state index in [4.69, 9.17) is 5.73 Å². The van der Waals surface area contributed by atoms with E-state index in [1.165, 1.54) is 0 Å². The maximum absolute atomic E-state index is 10.7. The molecule has 0 aliphatic rings. The number of benzene rings is 2. The molecule has 3 N–H and O–H groups in total. The van der Waals surface area contributed by atoms with Crippen molar-refractivity contribution in [1.29, 1.82) is 0 Å². The summed E-state index contributed by atoms with van der Waals surface area (Å²) in [5, 5.41) is 2.50. The molecular formula is C13H11N2O. The normalized spacial score (nSPS) is 9.75. The Balaban J connectivity index is 2.33. The number of carbonyl (C=O) groups is 1. The number of carbonyl (C=O) groups excluding carboxylic acids is 1. The lowest BCUT2D eigenvalue weighted by Crippen LogP contribution is -2.19. The van der Waals surface area contributed by atoms with Gasteiger partial charge in [-0.2, -0.15) is 0 Å². The second kappa shape index (κ2) is 4.49. The average molecular weight is 211 g/mol. The molecule has 0 spiro atoms. The third-order valence-corrected chi connectivity index (χ3v) is 2.17. The number of anilines is 1. The number of nitrogens with two attached hydrogens (primary N) is 1. The number of amides is 2. The number of nitrogens with one attached hydrogen (secondary N) is 1. The summed E-state index contributed by atoms with van der Waals surface area (Å²) in [6.45, 7) is 0. The number of urea groups is 1. The van der Waals surface area contributed by atoms with Crippen molar-refractivity contribution in [3.05, 3.63) is 54.6 Å². The zero-order valence-corrected chi connectivity index (χ0v) is 8.60. The van der Waals surface area contributed by atoms with Gasteiger partial charge in [-0.05, 0) is 17.2 Å². The maximum Gasteiger partial charge on any atom is 0.316 e. The summed E-state index contributed by atoms with van der Waals surface area (Å²) >= 11 is 0. The van der Waals surface area contributed by atoms with Gasteiger partial charge in [0.2, 0.25) is 0 Å². The van der Waals surface area contributed by atoms with E-state index in [9.17, 15) is 4.79 Å². The molecule has 16 heavy (non-hydrogen) atoms. The predicted molar refractivity (Wildman–Crippen MR) is 63.9 cm³/mol. The van der Waals surface area contributed by atoms with E-state index in [2.05, 4.69) is 11.4 Å². The van der Waals surface area contributed by atoms with Crippen molar-refractivity contribution < 1.29 is 4.79 Å². The lowest BCUT2D eigenvalue weighted by molar-refractivity contribution is 0.259. The standard InChI is InChI=1S/C13H11N2O/c14-13(16)15-12-8-4-7-11(9-12)10-5-2-1-3-6-10/h1-7,9H,(H3,14,15,16). The van der Waals surface area contributed by atoms with Crippen molar-refractivity contribution in [2.45, 2.75) is 0 Å². The molecule has 3 nitrogen and oxygen atoms in total. The largest absolute Gasteiger partial charge is 0.351 e. The quantitative estimate of drug-likeness (QED) is 0.788.